The Kier molecular flexibility index (Phi) is 6.00. The van der Waals surface area contributed by atoms with E-state index in [-0.39, 0.29) is 0 Å². The van der Waals surface area contributed by atoms with Crippen LogP contribution in [0.4, 0.5) is 5.82 Å². The number of anilines is 1. The number of fused-ring (bicyclic) bond motifs is 1. The van der Waals surface area contributed by atoms with E-state index in [9.17, 15) is 0 Å². The highest BCUT2D eigenvalue weighted by Crippen LogP contribution is 2.28. The molecule has 0 saturated carbocycles. The second kappa shape index (κ2) is 7.76. The summed E-state index contributed by atoms with van der Waals surface area (Å²) in [6.07, 6.45) is 5.87. The zero-order chi connectivity index (χ0) is 15.2. The van der Waals surface area contributed by atoms with Crippen molar-refractivity contribution >= 4 is 5.82 Å². The van der Waals surface area contributed by atoms with Gasteiger partial charge in [0.15, 0.2) is 0 Å². The third-order valence-corrected chi connectivity index (χ3v) is 4.51. The summed E-state index contributed by atoms with van der Waals surface area (Å²) in [5, 5.41) is 0. The average molecular weight is 291 g/mol. The summed E-state index contributed by atoms with van der Waals surface area (Å²) >= 11 is 0. The van der Waals surface area contributed by atoms with Gasteiger partial charge in [-0.25, -0.2) is 4.98 Å². The van der Waals surface area contributed by atoms with E-state index in [0.29, 0.717) is 19.2 Å². The molecule has 1 aliphatic rings. The lowest BCUT2D eigenvalue weighted by Gasteiger charge is -2.32. The van der Waals surface area contributed by atoms with Crippen molar-refractivity contribution in [1.29, 1.82) is 0 Å². The van der Waals surface area contributed by atoms with E-state index in [1.54, 1.807) is 7.11 Å². The predicted octanol–water partition coefficient (Wildman–Crippen LogP) is 2.67. The van der Waals surface area contributed by atoms with Gasteiger partial charge in [0.25, 0.3) is 0 Å². The quantitative estimate of drug-likeness (QED) is 0.839. The maximum Gasteiger partial charge on any atom is 0.133 e. The molecule has 0 fully saturated rings. The maximum absolute atomic E-state index is 5.99. The van der Waals surface area contributed by atoms with Crippen LogP contribution < -0.4 is 10.6 Å². The van der Waals surface area contributed by atoms with Crippen LogP contribution in [0.3, 0.4) is 0 Å². The first kappa shape index (κ1) is 16.2. The van der Waals surface area contributed by atoms with Crippen molar-refractivity contribution in [2.45, 2.75) is 58.5 Å². The van der Waals surface area contributed by atoms with Crippen LogP contribution in [-0.2, 0) is 24.1 Å². The highest BCUT2D eigenvalue weighted by molar-refractivity contribution is 5.51. The topological polar surface area (TPSA) is 51.4 Å². The van der Waals surface area contributed by atoms with Gasteiger partial charge in [-0.15, -0.1) is 0 Å². The Hall–Kier alpha value is -1.13. The van der Waals surface area contributed by atoms with Crippen LogP contribution in [0.2, 0.25) is 0 Å². The van der Waals surface area contributed by atoms with Gasteiger partial charge in [-0.05, 0) is 50.7 Å². The van der Waals surface area contributed by atoms with Gasteiger partial charge in [0.1, 0.15) is 5.82 Å². The van der Waals surface area contributed by atoms with Crippen molar-refractivity contribution in [3.8, 4) is 0 Å². The first-order valence-corrected chi connectivity index (χ1v) is 8.18. The molecule has 4 heteroatoms. The molecule has 1 heterocycles. The molecule has 2 N–H and O–H groups in total. The van der Waals surface area contributed by atoms with Gasteiger partial charge >= 0.3 is 0 Å². The first-order valence-electron chi connectivity index (χ1n) is 8.18. The normalized spacial score (nSPS) is 15.6. The van der Waals surface area contributed by atoms with E-state index in [0.717, 1.165) is 31.6 Å². The molecule has 0 saturated heterocycles. The minimum atomic E-state index is 0.444. The Bertz CT molecular complexity index is 462. The monoisotopic (exact) mass is 291 g/mol. The molecule has 1 aliphatic carbocycles. The largest absolute Gasteiger partial charge is 0.383 e. The molecule has 4 nitrogen and oxygen atoms in total. The van der Waals surface area contributed by atoms with Crippen molar-refractivity contribution in [3.05, 3.63) is 22.9 Å². The number of aromatic nitrogens is 1. The summed E-state index contributed by atoms with van der Waals surface area (Å²) in [5.74, 6) is 1.07. The Balaban J connectivity index is 2.37. The molecule has 1 aromatic heterocycles. The fourth-order valence-corrected chi connectivity index (χ4v) is 3.01. The number of hydrogen-bond acceptors (Lipinski definition) is 4. The second-order valence-corrected chi connectivity index (χ2v) is 5.93. The van der Waals surface area contributed by atoms with Crippen LogP contribution in [0.15, 0.2) is 6.07 Å². The number of rotatable bonds is 7. The minimum absolute atomic E-state index is 0.444. The molecular weight excluding hydrogens is 262 g/mol. The number of aryl methyl sites for hydroxylation is 2. The van der Waals surface area contributed by atoms with Crippen LogP contribution in [0.1, 0.15) is 49.9 Å². The highest BCUT2D eigenvalue weighted by Gasteiger charge is 2.21. The summed E-state index contributed by atoms with van der Waals surface area (Å²) < 4.78 is 5.27. The summed E-state index contributed by atoms with van der Waals surface area (Å²) in [6, 6.07) is 2.73. The second-order valence-electron chi connectivity index (χ2n) is 5.93. The van der Waals surface area contributed by atoms with Crippen molar-refractivity contribution in [2.24, 2.45) is 5.73 Å². The lowest BCUT2D eigenvalue weighted by atomic mass is 9.94. The van der Waals surface area contributed by atoms with Crippen molar-refractivity contribution < 1.29 is 4.74 Å². The average Bonchev–Trinajstić information content (AvgIpc) is 2.54. The standard InChI is InChI=1S/C17H29N3O/c1-4-13(2)20(9-10-21-3)17-15(12-18)11-14-7-5-6-8-16(14)19-17/h11,13H,4-10,12,18H2,1-3H3. The lowest BCUT2D eigenvalue weighted by Crippen LogP contribution is -2.37. The van der Waals surface area contributed by atoms with Crippen molar-refractivity contribution in [1.82, 2.24) is 4.98 Å². The molecule has 118 valence electrons. The third-order valence-electron chi connectivity index (χ3n) is 4.51. The molecule has 0 amide bonds. The lowest BCUT2D eigenvalue weighted by molar-refractivity contribution is 0.203. The van der Waals surface area contributed by atoms with E-state index in [2.05, 4.69) is 24.8 Å². The Morgan fingerprint density at radius 2 is 2.14 bits per heavy atom. The molecular formula is C17H29N3O. The van der Waals surface area contributed by atoms with Crippen LogP contribution >= 0.6 is 0 Å². The smallest absolute Gasteiger partial charge is 0.133 e. The van der Waals surface area contributed by atoms with E-state index >= 15 is 0 Å². The van der Waals surface area contributed by atoms with Crippen LogP contribution in [0, 0.1) is 0 Å². The summed E-state index contributed by atoms with van der Waals surface area (Å²) in [6.45, 7) is 6.59. The molecule has 1 atom stereocenters. The number of hydrogen-bond donors (Lipinski definition) is 1. The van der Waals surface area contributed by atoms with Crippen molar-refractivity contribution in [3.63, 3.8) is 0 Å². The number of nitrogens with zero attached hydrogens (tertiary/aromatic N) is 2. The molecule has 0 aliphatic heterocycles. The Labute approximate surface area is 128 Å². The van der Waals surface area contributed by atoms with Gasteiger partial charge in [-0.2, -0.15) is 0 Å². The summed E-state index contributed by atoms with van der Waals surface area (Å²) in [5.41, 5.74) is 9.85. The van der Waals surface area contributed by atoms with Gasteiger partial charge in [0.05, 0.1) is 6.61 Å². The predicted molar refractivity (Wildman–Crippen MR) is 87.7 cm³/mol. The van der Waals surface area contributed by atoms with E-state index in [1.165, 1.54) is 29.7 Å². The fourth-order valence-electron chi connectivity index (χ4n) is 3.01. The first-order chi connectivity index (χ1) is 10.2. The number of methoxy groups -OCH3 is 1. The maximum atomic E-state index is 5.99. The Morgan fingerprint density at radius 3 is 2.81 bits per heavy atom. The summed E-state index contributed by atoms with van der Waals surface area (Å²) in [7, 11) is 1.75. The van der Waals surface area contributed by atoms with Gasteiger partial charge in [0, 0.05) is 37.5 Å². The van der Waals surface area contributed by atoms with Gasteiger partial charge in [-0.3, -0.25) is 0 Å². The van der Waals surface area contributed by atoms with Crippen molar-refractivity contribution in [2.75, 3.05) is 25.2 Å². The minimum Gasteiger partial charge on any atom is -0.383 e. The number of nitrogens with two attached hydrogens (primary N) is 1. The molecule has 2 rings (SSSR count). The zero-order valence-electron chi connectivity index (χ0n) is 13.7. The molecule has 0 spiro atoms. The number of ether oxygens (including phenoxy) is 1. The third kappa shape index (κ3) is 3.74. The van der Waals surface area contributed by atoms with Crippen LogP contribution in [0.25, 0.3) is 0 Å². The molecule has 21 heavy (non-hydrogen) atoms. The van der Waals surface area contributed by atoms with Gasteiger partial charge in [-0.1, -0.05) is 6.92 Å². The zero-order valence-corrected chi connectivity index (χ0v) is 13.7. The summed E-state index contributed by atoms with van der Waals surface area (Å²) in [4.78, 5) is 7.36. The molecule has 0 radical (unpaired) electrons. The molecule has 1 unspecified atom stereocenters. The fraction of sp³-hybridized carbons (Fsp3) is 0.706. The Morgan fingerprint density at radius 1 is 1.38 bits per heavy atom. The molecule has 1 aromatic rings. The van der Waals surface area contributed by atoms with E-state index in [1.807, 2.05) is 0 Å². The van der Waals surface area contributed by atoms with Crippen LogP contribution in [-0.4, -0.2) is 31.3 Å². The van der Waals surface area contributed by atoms with E-state index < -0.39 is 0 Å². The highest BCUT2D eigenvalue weighted by atomic mass is 16.5. The van der Waals surface area contributed by atoms with E-state index in [4.69, 9.17) is 15.5 Å². The van der Waals surface area contributed by atoms with Gasteiger partial charge in [0.2, 0.25) is 0 Å². The molecule has 0 bridgehead atoms. The SMILES string of the molecule is CCC(C)N(CCOC)c1nc2c(cc1CN)CCCC2. The molecule has 0 aromatic carbocycles. The number of pyridine rings is 1. The van der Waals surface area contributed by atoms with Crippen LogP contribution in [0.5, 0.6) is 0 Å². The van der Waals surface area contributed by atoms with Gasteiger partial charge < -0.3 is 15.4 Å².